The maximum absolute atomic E-state index is 10.6. The molecule has 2 rings (SSSR count). The number of phenols is 2. The van der Waals surface area contributed by atoms with E-state index in [2.05, 4.69) is 26.0 Å². The highest BCUT2D eigenvalue weighted by molar-refractivity contribution is 7.99. The summed E-state index contributed by atoms with van der Waals surface area (Å²) in [5, 5.41) is 21.1. The molecular formula is C44H74O8S. The zero-order valence-electron chi connectivity index (χ0n) is 34.5. The molecule has 2 atom stereocenters. The van der Waals surface area contributed by atoms with Crippen LogP contribution in [0.5, 0.6) is 11.5 Å². The molecule has 0 aliphatic heterocycles. The van der Waals surface area contributed by atoms with Crippen LogP contribution >= 0.6 is 11.8 Å². The van der Waals surface area contributed by atoms with Gasteiger partial charge in [-0.05, 0) is 97.9 Å². The van der Waals surface area contributed by atoms with Crippen molar-refractivity contribution in [1.82, 2.24) is 0 Å². The number of aromatic hydroxyl groups is 2. The minimum absolute atomic E-state index is 0.327. The van der Waals surface area contributed by atoms with Crippen molar-refractivity contribution in [2.45, 2.75) is 176 Å². The number of phenolic OH excluding ortho intramolecular Hbond substituents is 2. The van der Waals surface area contributed by atoms with Crippen molar-refractivity contribution >= 4 is 11.8 Å². The largest absolute Gasteiger partial charge is 0.508 e. The lowest BCUT2D eigenvalue weighted by Gasteiger charge is -2.28. The zero-order chi connectivity index (χ0) is 39.0. The van der Waals surface area contributed by atoms with Crippen LogP contribution < -0.4 is 0 Å². The summed E-state index contributed by atoms with van der Waals surface area (Å²) in [5.41, 5.74) is 2.47. The number of ether oxygens (including phenoxy) is 6. The molecule has 2 aromatic rings. The van der Waals surface area contributed by atoms with E-state index in [1.165, 1.54) is 85.1 Å². The maximum atomic E-state index is 10.6. The first-order chi connectivity index (χ1) is 25.7. The van der Waals surface area contributed by atoms with E-state index < -0.39 is 11.9 Å². The molecule has 2 unspecified atom stereocenters. The molecule has 53 heavy (non-hydrogen) atoms. The normalized spacial score (nSPS) is 13.4. The molecule has 9 heteroatoms. The summed E-state index contributed by atoms with van der Waals surface area (Å²) in [6.07, 6.45) is 22.2. The summed E-state index contributed by atoms with van der Waals surface area (Å²) < 4.78 is 32.4. The van der Waals surface area contributed by atoms with E-state index >= 15 is 0 Å². The van der Waals surface area contributed by atoms with E-state index in [0.717, 1.165) is 64.2 Å². The van der Waals surface area contributed by atoms with Crippen LogP contribution in [0.3, 0.4) is 0 Å². The Labute approximate surface area is 327 Å². The fourth-order valence-electron chi connectivity index (χ4n) is 7.52. The molecule has 0 bridgehead atoms. The van der Waals surface area contributed by atoms with Crippen LogP contribution in [-0.2, 0) is 28.4 Å². The number of hydrogen-bond donors (Lipinski definition) is 2. The summed E-state index contributed by atoms with van der Waals surface area (Å²) in [7, 11) is 9.73. The first-order valence-electron chi connectivity index (χ1n) is 20.3. The SMILES string of the molecule is CCC(CCCCCCCCCC(OC)(OC)OC)c1cc(O)ccc1Sc1ccc(O)cc1C(CC)CCCCCCCCCC(OC)(OC)OC. The van der Waals surface area contributed by atoms with E-state index in [9.17, 15) is 10.2 Å². The van der Waals surface area contributed by atoms with Gasteiger partial charge in [-0.2, -0.15) is 0 Å². The second-order valence-electron chi connectivity index (χ2n) is 14.4. The minimum Gasteiger partial charge on any atom is -0.508 e. The smallest absolute Gasteiger partial charge is 0.282 e. The fraction of sp³-hybridized carbons (Fsp3) is 0.727. The maximum Gasteiger partial charge on any atom is 0.282 e. The fourth-order valence-corrected chi connectivity index (χ4v) is 8.71. The molecule has 0 heterocycles. The van der Waals surface area contributed by atoms with Crippen LogP contribution in [0.4, 0.5) is 0 Å². The molecular weight excluding hydrogens is 689 g/mol. The van der Waals surface area contributed by atoms with Crippen molar-refractivity contribution in [1.29, 1.82) is 0 Å². The Balaban J connectivity index is 1.90. The lowest BCUT2D eigenvalue weighted by Crippen LogP contribution is -2.35. The second-order valence-corrected chi connectivity index (χ2v) is 15.5. The predicted octanol–water partition coefficient (Wildman–Crippen LogP) is 12.4. The van der Waals surface area contributed by atoms with Crippen molar-refractivity contribution in [3.63, 3.8) is 0 Å². The summed E-state index contributed by atoms with van der Waals surface area (Å²) in [6, 6.07) is 11.8. The third-order valence-corrected chi connectivity index (χ3v) is 12.2. The van der Waals surface area contributed by atoms with Crippen LogP contribution in [0, 0.1) is 0 Å². The van der Waals surface area contributed by atoms with Crippen LogP contribution in [0.1, 0.15) is 165 Å². The highest BCUT2D eigenvalue weighted by atomic mass is 32.2. The van der Waals surface area contributed by atoms with Crippen molar-refractivity contribution < 1.29 is 38.6 Å². The van der Waals surface area contributed by atoms with Gasteiger partial charge in [0.1, 0.15) is 11.5 Å². The van der Waals surface area contributed by atoms with Gasteiger partial charge in [0.2, 0.25) is 0 Å². The Bertz CT molecular complexity index is 1120. The van der Waals surface area contributed by atoms with Gasteiger partial charge in [0.15, 0.2) is 0 Å². The Morgan fingerprint density at radius 1 is 0.472 bits per heavy atom. The van der Waals surface area contributed by atoms with Crippen molar-refractivity contribution in [3.05, 3.63) is 47.5 Å². The third kappa shape index (κ3) is 16.4. The molecule has 8 nitrogen and oxygen atoms in total. The molecule has 304 valence electrons. The number of benzene rings is 2. The zero-order valence-corrected chi connectivity index (χ0v) is 35.3. The molecule has 0 aliphatic carbocycles. The van der Waals surface area contributed by atoms with Crippen LogP contribution in [0.2, 0.25) is 0 Å². The van der Waals surface area contributed by atoms with Gasteiger partial charge in [0, 0.05) is 65.3 Å². The number of hydrogen-bond acceptors (Lipinski definition) is 9. The molecule has 0 radical (unpaired) electrons. The van der Waals surface area contributed by atoms with Gasteiger partial charge in [0.05, 0.1) is 0 Å². The highest BCUT2D eigenvalue weighted by Gasteiger charge is 2.29. The number of methoxy groups -OCH3 is 6. The standard InChI is InChI=1S/C44H74O8S/c1-9-35(25-21-17-13-11-15-19-23-31-43(47-3,48-4)49-5)39-33-37(45)27-29-41(39)53-42-30-28-38(46)34-40(42)36(10-2)26-22-18-14-12-16-20-24-32-44(50-6,51-7)52-8/h27-30,33-36,45-46H,9-26,31-32H2,1-8H3. The molecule has 2 aromatic carbocycles. The Morgan fingerprint density at radius 2 is 0.774 bits per heavy atom. The number of rotatable bonds is 32. The van der Waals surface area contributed by atoms with Crippen LogP contribution in [0.15, 0.2) is 46.2 Å². The van der Waals surface area contributed by atoms with E-state index in [1.807, 2.05) is 24.3 Å². The van der Waals surface area contributed by atoms with E-state index in [0.29, 0.717) is 23.3 Å². The van der Waals surface area contributed by atoms with Crippen LogP contribution in [-0.4, -0.2) is 64.8 Å². The van der Waals surface area contributed by atoms with Gasteiger partial charge in [-0.15, -0.1) is 0 Å². The molecule has 0 saturated carbocycles. The van der Waals surface area contributed by atoms with Gasteiger partial charge in [0.25, 0.3) is 11.9 Å². The first-order valence-corrected chi connectivity index (χ1v) is 21.2. The minimum atomic E-state index is -0.920. The van der Waals surface area contributed by atoms with Crippen molar-refractivity contribution in [3.8, 4) is 11.5 Å². The van der Waals surface area contributed by atoms with Gasteiger partial charge in [-0.25, -0.2) is 0 Å². The Morgan fingerprint density at radius 3 is 1.08 bits per heavy atom. The molecule has 0 spiro atoms. The van der Waals surface area contributed by atoms with Gasteiger partial charge < -0.3 is 38.6 Å². The molecule has 2 N–H and O–H groups in total. The topological polar surface area (TPSA) is 95.8 Å². The number of unbranched alkanes of at least 4 members (excludes halogenated alkanes) is 12. The third-order valence-electron chi connectivity index (χ3n) is 11.0. The van der Waals surface area contributed by atoms with Crippen molar-refractivity contribution in [2.75, 3.05) is 42.7 Å². The van der Waals surface area contributed by atoms with E-state index in [1.54, 1.807) is 54.4 Å². The Kier molecular flexibility index (Phi) is 24.0. The molecule has 0 fully saturated rings. The van der Waals surface area contributed by atoms with Gasteiger partial charge in [-0.1, -0.05) is 103 Å². The van der Waals surface area contributed by atoms with E-state index in [4.69, 9.17) is 28.4 Å². The monoisotopic (exact) mass is 763 g/mol. The molecule has 0 saturated heterocycles. The lowest BCUT2D eigenvalue weighted by molar-refractivity contribution is -0.355. The summed E-state index contributed by atoms with van der Waals surface area (Å²) in [5.74, 6) is -0.410. The Hall–Kier alpha value is -1.85. The summed E-state index contributed by atoms with van der Waals surface area (Å²) in [4.78, 5) is 2.41. The van der Waals surface area contributed by atoms with Crippen molar-refractivity contribution in [2.24, 2.45) is 0 Å². The quantitative estimate of drug-likeness (QED) is 0.0558. The average molecular weight is 763 g/mol. The molecule has 0 aromatic heterocycles. The molecule has 0 aliphatic rings. The lowest BCUT2D eigenvalue weighted by atomic mass is 9.90. The summed E-state index contributed by atoms with van der Waals surface area (Å²) in [6.45, 7) is 4.52. The summed E-state index contributed by atoms with van der Waals surface area (Å²) >= 11 is 1.79. The second kappa shape index (κ2) is 26.9. The van der Waals surface area contributed by atoms with Gasteiger partial charge >= 0.3 is 0 Å². The molecule has 0 amide bonds. The predicted molar refractivity (Wildman–Crippen MR) is 217 cm³/mol. The average Bonchev–Trinajstić information content (AvgIpc) is 3.18. The highest BCUT2D eigenvalue weighted by Crippen LogP contribution is 2.43. The van der Waals surface area contributed by atoms with Gasteiger partial charge in [-0.3, -0.25) is 0 Å². The van der Waals surface area contributed by atoms with Crippen LogP contribution in [0.25, 0.3) is 0 Å². The van der Waals surface area contributed by atoms with E-state index in [-0.39, 0.29) is 0 Å². The first kappa shape index (κ1) is 47.3.